The number of nitrogens with zero attached hydrogens (tertiary/aromatic N) is 2. The van der Waals surface area contributed by atoms with E-state index in [0.29, 0.717) is 17.8 Å². The van der Waals surface area contributed by atoms with Crippen molar-refractivity contribution < 1.29 is 9.59 Å². The summed E-state index contributed by atoms with van der Waals surface area (Å²) in [5.74, 6) is -0.0424. The second-order valence-corrected chi connectivity index (χ2v) is 6.79. The molecule has 1 aromatic heterocycles. The van der Waals surface area contributed by atoms with Crippen LogP contribution in [0.1, 0.15) is 35.2 Å². The van der Waals surface area contributed by atoms with Gasteiger partial charge < -0.3 is 15.5 Å². The summed E-state index contributed by atoms with van der Waals surface area (Å²) < 4.78 is 0. The van der Waals surface area contributed by atoms with Crippen molar-refractivity contribution in [2.75, 3.05) is 24.3 Å². The van der Waals surface area contributed by atoms with Gasteiger partial charge in [-0.15, -0.1) is 0 Å². The third kappa shape index (κ3) is 4.20. The maximum Gasteiger partial charge on any atom is 0.253 e. The highest BCUT2D eigenvalue weighted by Crippen LogP contribution is 2.29. The monoisotopic (exact) mass is 352 g/mol. The van der Waals surface area contributed by atoms with Crippen LogP contribution in [0.15, 0.2) is 42.7 Å². The van der Waals surface area contributed by atoms with Crippen LogP contribution in [0.5, 0.6) is 0 Å². The first-order valence-corrected chi connectivity index (χ1v) is 8.84. The van der Waals surface area contributed by atoms with Gasteiger partial charge in [0.1, 0.15) is 0 Å². The van der Waals surface area contributed by atoms with Crippen molar-refractivity contribution in [2.45, 2.75) is 25.8 Å². The van der Waals surface area contributed by atoms with Gasteiger partial charge >= 0.3 is 0 Å². The van der Waals surface area contributed by atoms with Gasteiger partial charge in [0.05, 0.1) is 5.56 Å². The standard InChI is InChI=1S/C20H24N4O2/c1-24(2)18-9-8-16(23-19(25)15-6-3-7-15)11-17(18)20(26)22-13-14-5-4-10-21-12-14/h4-5,8-12,15H,3,6-7,13H2,1-2H3,(H,22,26)(H,23,25). The molecule has 0 unspecified atom stereocenters. The lowest BCUT2D eigenvalue weighted by atomic mass is 9.85. The van der Waals surface area contributed by atoms with Crippen molar-refractivity contribution in [3.63, 3.8) is 0 Å². The zero-order valence-corrected chi connectivity index (χ0v) is 15.2. The van der Waals surface area contributed by atoms with Crippen LogP contribution < -0.4 is 15.5 Å². The normalized spacial score (nSPS) is 13.6. The topological polar surface area (TPSA) is 74.3 Å². The molecule has 1 heterocycles. The van der Waals surface area contributed by atoms with E-state index in [0.717, 1.165) is 30.5 Å². The molecule has 136 valence electrons. The molecular weight excluding hydrogens is 328 g/mol. The Morgan fingerprint density at radius 2 is 2.04 bits per heavy atom. The Labute approximate surface area is 153 Å². The first-order valence-electron chi connectivity index (χ1n) is 8.84. The third-order valence-corrected chi connectivity index (χ3v) is 4.64. The van der Waals surface area contributed by atoms with Crippen molar-refractivity contribution in [3.05, 3.63) is 53.9 Å². The molecule has 6 heteroatoms. The zero-order valence-electron chi connectivity index (χ0n) is 15.2. The minimum atomic E-state index is -0.183. The highest BCUT2D eigenvalue weighted by Gasteiger charge is 2.25. The van der Waals surface area contributed by atoms with Gasteiger partial charge in [0, 0.05) is 50.3 Å². The molecule has 0 atom stereocenters. The average Bonchev–Trinajstić information content (AvgIpc) is 2.58. The third-order valence-electron chi connectivity index (χ3n) is 4.64. The van der Waals surface area contributed by atoms with Crippen molar-refractivity contribution in [3.8, 4) is 0 Å². The molecule has 1 aliphatic carbocycles. The lowest BCUT2D eigenvalue weighted by molar-refractivity contribution is -0.122. The molecule has 1 aromatic carbocycles. The van der Waals surface area contributed by atoms with E-state index in [2.05, 4.69) is 15.6 Å². The van der Waals surface area contributed by atoms with Gasteiger partial charge in [-0.3, -0.25) is 14.6 Å². The van der Waals surface area contributed by atoms with Crippen molar-refractivity contribution >= 4 is 23.2 Å². The molecule has 2 N–H and O–H groups in total. The number of carbonyl (C=O) groups excluding carboxylic acids is 2. The van der Waals surface area contributed by atoms with Gasteiger partial charge in [-0.1, -0.05) is 12.5 Å². The van der Waals surface area contributed by atoms with E-state index < -0.39 is 0 Å². The van der Waals surface area contributed by atoms with Gasteiger partial charge in [-0.2, -0.15) is 0 Å². The lowest BCUT2D eigenvalue weighted by Gasteiger charge is -2.24. The summed E-state index contributed by atoms with van der Waals surface area (Å²) in [5, 5.41) is 5.85. The van der Waals surface area contributed by atoms with Gasteiger partial charge in [-0.05, 0) is 42.7 Å². The zero-order chi connectivity index (χ0) is 18.5. The maximum absolute atomic E-state index is 12.7. The fourth-order valence-corrected chi connectivity index (χ4v) is 2.88. The van der Waals surface area contributed by atoms with Crippen molar-refractivity contribution in [1.29, 1.82) is 0 Å². The number of rotatable bonds is 6. The second-order valence-electron chi connectivity index (χ2n) is 6.79. The number of carbonyl (C=O) groups is 2. The van der Waals surface area contributed by atoms with E-state index in [4.69, 9.17) is 0 Å². The quantitative estimate of drug-likeness (QED) is 0.838. The van der Waals surface area contributed by atoms with E-state index in [9.17, 15) is 9.59 Å². The van der Waals surface area contributed by atoms with E-state index in [1.165, 1.54) is 0 Å². The molecule has 26 heavy (non-hydrogen) atoms. The first kappa shape index (κ1) is 17.9. The Hall–Kier alpha value is -2.89. The number of anilines is 2. The Kier molecular flexibility index (Phi) is 5.51. The summed E-state index contributed by atoms with van der Waals surface area (Å²) in [6.45, 7) is 0.401. The summed E-state index contributed by atoms with van der Waals surface area (Å²) in [6.07, 6.45) is 6.42. The second kappa shape index (κ2) is 7.99. The fourth-order valence-electron chi connectivity index (χ4n) is 2.88. The minimum absolute atomic E-state index is 0.0376. The number of amides is 2. The van der Waals surface area contributed by atoms with Crippen LogP contribution in [-0.4, -0.2) is 30.9 Å². The molecule has 0 radical (unpaired) electrons. The molecule has 3 rings (SSSR count). The van der Waals surface area contributed by atoms with Crippen LogP contribution >= 0.6 is 0 Å². The highest BCUT2D eigenvalue weighted by molar-refractivity contribution is 6.02. The van der Waals surface area contributed by atoms with Crippen LogP contribution in [0.3, 0.4) is 0 Å². The van der Waals surface area contributed by atoms with Crippen LogP contribution in [0.2, 0.25) is 0 Å². The predicted octanol–water partition coefficient (Wildman–Crippen LogP) is 2.82. The molecule has 6 nitrogen and oxygen atoms in total. The molecule has 1 aliphatic rings. The predicted molar refractivity (Wildman–Crippen MR) is 102 cm³/mol. The van der Waals surface area contributed by atoms with Crippen molar-refractivity contribution in [2.24, 2.45) is 5.92 Å². The summed E-state index contributed by atoms with van der Waals surface area (Å²) in [7, 11) is 3.78. The maximum atomic E-state index is 12.7. The lowest BCUT2D eigenvalue weighted by Crippen LogP contribution is -2.29. The molecule has 0 bridgehead atoms. The Morgan fingerprint density at radius 1 is 1.23 bits per heavy atom. The molecule has 0 saturated heterocycles. The van der Waals surface area contributed by atoms with E-state index in [-0.39, 0.29) is 17.7 Å². The first-order chi connectivity index (χ1) is 12.5. The summed E-state index contributed by atoms with van der Waals surface area (Å²) >= 11 is 0. The van der Waals surface area contributed by atoms with Gasteiger partial charge in [0.15, 0.2) is 0 Å². The molecule has 2 amide bonds. The van der Waals surface area contributed by atoms with Gasteiger partial charge in [0.25, 0.3) is 5.91 Å². The van der Waals surface area contributed by atoms with Gasteiger partial charge in [-0.25, -0.2) is 0 Å². The smallest absolute Gasteiger partial charge is 0.253 e. The summed E-state index contributed by atoms with van der Waals surface area (Å²) in [6, 6.07) is 9.18. The number of aromatic nitrogens is 1. The van der Waals surface area contributed by atoms with Crippen LogP contribution in [0.4, 0.5) is 11.4 Å². The summed E-state index contributed by atoms with van der Waals surface area (Å²) in [4.78, 5) is 30.8. The number of benzene rings is 1. The highest BCUT2D eigenvalue weighted by atomic mass is 16.2. The Bertz CT molecular complexity index is 786. The molecule has 1 fully saturated rings. The van der Waals surface area contributed by atoms with E-state index >= 15 is 0 Å². The van der Waals surface area contributed by atoms with Crippen LogP contribution in [0.25, 0.3) is 0 Å². The van der Waals surface area contributed by atoms with Crippen LogP contribution in [0, 0.1) is 5.92 Å². The van der Waals surface area contributed by atoms with Crippen LogP contribution in [-0.2, 0) is 11.3 Å². The SMILES string of the molecule is CN(C)c1ccc(NC(=O)C2CCC2)cc1C(=O)NCc1cccnc1. The van der Waals surface area contributed by atoms with E-state index in [1.807, 2.05) is 43.3 Å². The number of hydrogen-bond acceptors (Lipinski definition) is 4. The van der Waals surface area contributed by atoms with E-state index in [1.54, 1.807) is 18.5 Å². The average molecular weight is 352 g/mol. The summed E-state index contributed by atoms with van der Waals surface area (Å²) in [5.41, 5.74) is 2.92. The largest absolute Gasteiger partial charge is 0.377 e. The molecule has 0 aliphatic heterocycles. The molecular formula is C20H24N4O2. The van der Waals surface area contributed by atoms with Gasteiger partial charge in [0.2, 0.25) is 5.91 Å². The molecule has 1 saturated carbocycles. The van der Waals surface area contributed by atoms with Crippen molar-refractivity contribution in [1.82, 2.24) is 10.3 Å². The number of pyridine rings is 1. The Morgan fingerprint density at radius 3 is 2.65 bits per heavy atom. The number of nitrogens with one attached hydrogen (secondary N) is 2. The molecule has 2 aromatic rings. The fraction of sp³-hybridized carbons (Fsp3) is 0.350. The molecule has 0 spiro atoms. The minimum Gasteiger partial charge on any atom is -0.377 e. The number of hydrogen-bond donors (Lipinski definition) is 2. The Balaban J connectivity index is 1.74.